The van der Waals surface area contributed by atoms with Crippen molar-refractivity contribution in [3.8, 4) is 22.8 Å². The van der Waals surface area contributed by atoms with E-state index in [0.717, 1.165) is 35.4 Å². The molecule has 5 aromatic rings. The molecule has 3 fully saturated rings. The first-order valence-electron chi connectivity index (χ1n) is 19.1. The van der Waals surface area contributed by atoms with E-state index in [9.17, 15) is 27.6 Å². The smallest absolute Gasteiger partial charge is 0.416 e. The summed E-state index contributed by atoms with van der Waals surface area (Å²) >= 11 is 0. The molecule has 1 N–H and O–H groups in total. The summed E-state index contributed by atoms with van der Waals surface area (Å²) in [5, 5.41) is 3.25. The Balaban J connectivity index is 0.881. The Morgan fingerprint density at radius 2 is 1.47 bits per heavy atom. The molecule has 2 saturated heterocycles. The van der Waals surface area contributed by atoms with Crippen LogP contribution in [0, 0.1) is 16.7 Å². The molecule has 298 valence electrons. The fraction of sp³-hybridized carbons (Fsp3) is 0.318. The van der Waals surface area contributed by atoms with Gasteiger partial charge in [0, 0.05) is 73.9 Å². The fourth-order valence-electron chi connectivity index (χ4n) is 8.95. The Morgan fingerprint density at radius 1 is 0.810 bits per heavy atom. The van der Waals surface area contributed by atoms with Crippen molar-refractivity contribution >= 4 is 23.7 Å². The van der Waals surface area contributed by atoms with Gasteiger partial charge in [-0.3, -0.25) is 19.4 Å². The number of nitrogens with zero attached hydrogens (tertiary/aromatic N) is 5. The number of piperidine rings is 1. The second-order valence-corrected chi connectivity index (χ2v) is 15.2. The SMILES string of the molecule is COC(=O)C12CCC3(CCN(C(=O)c4ccc(CNc5nccc(-c6cccnc6)n5)cc4)CC3)[C@@H]1CN(C(=O)c1ccc(Oc3ccc(C(F)(F)F)cc3)cc1)C2. The third kappa shape index (κ3) is 7.58. The number of benzene rings is 3. The third-order valence-corrected chi connectivity index (χ3v) is 12.1. The number of amides is 2. The van der Waals surface area contributed by atoms with Crippen LogP contribution in [0.15, 0.2) is 110 Å². The van der Waals surface area contributed by atoms with Gasteiger partial charge in [0.05, 0.1) is 23.8 Å². The monoisotopic (exact) mass is 790 g/mol. The summed E-state index contributed by atoms with van der Waals surface area (Å²) in [5.74, 6) is 0.364. The number of alkyl halides is 3. The van der Waals surface area contributed by atoms with Gasteiger partial charge in [-0.05, 0) is 116 Å². The van der Waals surface area contributed by atoms with Crippen LogP contribution >= 0.6 is 0 Å². The highest BCUT2D eigenvalue weighted by Gasteiger charge is 2.65. The number of aromatic nitrogens is 3. The number of methoxy groups -OCH3 is 1. The molecule has 0 radical (unpaired) electrons. The number of hydrogen-bond donors (Lipinski definition) is 1. The van der Waals surface area contributed by atoms with Crippen LogP contribution in [0.5, 0.6) is 11.5 Å². The van der Waals surface area contributed by atoms with Crippen LogP contribution in [0.4, 0.5) is 19.1 Å². The van der Waals surface area contributed by atoms with Gasteiger partial charge in [0.2, 0.25) is 5.95 Å². The second kappa shape index (κ2) is 15.6. The van der Waals surface area contributed by atoms with E-state index in [1.54, 1.807) is 47.8 Å². The van der Waals surface area contributed by atoms with Crippen molar-refractivity contribution in [2.75, 3.05) is 38.6 Å². The molecule has 1 spiro atoms. The van der Waals surface area contributed by atoms with Gasteiger partial charge in [-0.15, -0.1) is 0 Å². The number of hydrogen-bond acceptors (Lipinski definition) is 9. The van der Waals surface area contributed by atoms with Crippen LogP contribution in [0.25, 0.3) is 11.3 Å². The first-order chi connectivity index (χ1) is 28.0. The maximum Gasteiger partial charge on any atom is 0.416 e. The molecular weight excluding hydrogens is 750 g/mol. The summed E-state index contributed by atoms with van der Waals surface area (Å²) in [5.41, 5.74) is 1.79. The first-order valence-corrected chi connectivity index (χ1v) is 19.1. The van der Waals surface area contributed by atoms with Crippen molar-refractivity contribution in [1.29, 1.82) is 0 Å². The summed E-state index contributed by atoms with van der Waals surface area (Å²) in [4.78, 5) is 57.7. The average Bonchev–Trinajstić information content (AvgIpc) is 3.79. The van der Waals surface area contributed by atoms with Gasteiger partial charge in [0.1, 0.15) is 11.5 Å². The molecule has 1 aliphatic carbocycles. The van der Waals surface area contributed by atoms with E-state index in [1.807, 2.05) is 47.4 Å². The van der Waals surface area contributed by atoms with Crippen molar-refractivity contribution in [3.05, 3.63) is 132 Å². The maximum absolute atomic E-state index is 13.9. The molecule has 1 unspecified atom stereocenters. The van der Waals surface area contributed by atoms with E-state index >= 15 is 0 Å². The molecule has 8 rings (SSSR count). The Hall–Kier alpha value is -6.31. The zero-order chi connectivity index (χ0) is 40.5. The normalized spacial score (nSPS) is 19.8. The topological polar surface area (TPSA) is 127 Å². The first kappa shape index (κ1) is 38.6. The molecule has 2 amide bonds. The van der Waals surface area contributed by atoms with Crippen molar-refractivity contribution in [2.45, 2.75) is 38.4 Å². The molecule has 1 saturated carbocycles. The molecule has 11 nitrogen and oxygen atoms in total. The summed E-state index contributed by atoms with van der Waals surface area (Å²) in [6.07, 6.45) is 3.53. The number of halogens is 3. The second-order valence-electron chi connectivity index (χ2n) is 15.2. The van der Waals surface area contributed by atoms with Gasteiger partial charge in [0.25, 0.3) is 11.8 Å². The minimum atomic E-state index is -4.45. The fourth-order valence-corrected chi connectivity index (χ4v) is 8.95. The van der Waals surface area contributed by atoms with E-state index in [0.29, 0.717) is 68.3 Å². The Labute approximate surface area is 333 Å². The lowest BCUT2D eigenvalue weighted by molar-refractivity contribution is -0.154. The van der Waals surface area contributed by atoms with Crippen molar-refractivity contribution in [3.63, 3.8) is 0 Å². The van der Waals surface area contributed by atoms with Crippen LogP contribution < -0.4 is 10.1 Å². The molecule has 3 aliphatic rings. The molecule has 3 aromatic carbocycles. The Kier molecular flexibility index (Phi) is 10.3. The summed E-state index contributed by atoms with van der Waals surface area (Å²) in [6, 6.07) is 23.9. The van der Waals surface area contributed by atoms with Crippen LogP contribution in [0.1, 0.15) is 57.5 Å². The molecule has 2 atom stereocenters. The maximum atomic E-state index is 13.9. The van der Waals surface area contributed by atoms with E-state index in [-0.39, 0.29) is 41.4 Å². The predicted octanol–water partition coefficient (Wildman–Crippen LogP) is 7.91. The molecule has 58 heavy (non-hydrogen) atoms. The van der Waals surface area contributed by atoms with Crippen molar-refractivity contribution in [1.82, 2.24) is 24.8 Å². The highest BCUT2D eigenvalue weighted by molar-refractivity contribution is 5.96. The number of nitrogens with one attached hydrogen (secondary N) is 1. The number of carbonyl (C=O) groups is 3. The van der Waals surface area contributed by atoms with Crippen LogP contribution in [-0.2, 0) is 22.3 Å². The van der Waals surface area contributed by atoms with Crippen molar-refractivity contribution in [2.24, 2.45) is 16.7 Å². The number of likely N-dealkylation sites (tertiary alicyclic amines) is 2. The van der Waals surface area contributed by atoms with E-state index in [4.69, 9.17) is 9.47 Å². The number of ether oxygens (including phenoxy) is 2. The number of esters is 1. The van der Waals surface area contributed by atoms with Gasteiger partial charge >= 0.3 is 12.1 Å². The lowest BCUT2D eigenvalue weighted by atomic mass is 9.66. The summed E-state index contributed by atoms with van der Waals surface area (Å²) in [6.45, 7) is 2.18. The van der Waals surface area contributed by atoms with Gasteiger partial charge in [-0.2, -0.15) is 13.2 Å². The number of pyridine rings is 1. The summed E-state index contributed by atoms with van der Waals surface area (Å²) < 4.78 is 49.9. The summed E-state index contributed by atoms with van der Waals surface area (Å²) in [7, 11) is 1.39. The Morgan fingerprint density at radius 3 is 2.10 bits per heavy atom. The molecule has 2 aliphatic heterocycles. The van der Waals surface area contributed by atoms with Gasteiger partial charge < -0.3 is 24.6 Å². The van der Waals surface area contributed by atoms with Gasteiger partial charge in [-0.1, -0.05) is 12.1 Å². The lowest BCUT2D eigenvalue weighted by Crippen LogP contribution is -2.47. The van der Waals surface area contributed by atoms with E-state index < -0.39 is 17.2 Å². The van der Waals surface area contributed by atoms with Crippen LogP contribution in [0.3, 0.4) is 0 Å². The number of fused-ring (bicyclic) bond motifs is 2. The molecule has 14 heteroatoms. The standard InChI is InChI=1S/C44H41F3N6O5/c1-57-40(56)43-18-17-42(37(43)27-53(28-43)39(55)31-8-12-34(13-9-31)58-35-14-10-33(11-15-35)44(45,46)47)19-23-52(24-20-42)38(54)30-6-4-29(5-7-30)25-50-41-49-22-16-36(51-41)32-3-2-21-48-26-32/h2-16,21-22,26,37H,17-20,23-25,27-28H2,1H3,(H,49,50,51)/t37-,43?/m0/s1. The van der Waals surface area contributed by atoms with Gasteiger partial charge in [-0.25, -0.2) is 9.97 Å². The van der Waals surface area contributed by atoms with E-state index in [2.05, 4.69) is 20.3 Å². The molecule has 0 bridgehead atoms. The number of rotatable bonds is 9. The quantitative estimate of drug-likeness (QED) is 0.148. The van der Waals surface area contributed by atoms with Crippen LogP contribution in [0.2, 0.25) is 0 Å². The number of anilines is 1. The highest BCUT2D eigenvalue weighted by Crippen LogP contribution is 2.62. The Bertz CT molecular complexity index is 2280. The largest absolute Gasteiger partial charge is 0.469 e. The van der Waals surface area contributed by atoms with Gasteiger partial charge in [0.15, 0.2) is 0 Å². The van der Waals surface area contributed by atoms with Crippen LogP contribution in [-0.4, -0.2) is 75.8 Å². The molecule has 2 aromatic heterocycles. The molecule has 4 heterocycles. The zero-order valence-corrected chi connectivity index (χ0v) is 31.7. The average molecular weight is 791 g/mol. The third-order valence-electron chi connectivity index (χ3n) is 12.1. The van der Waals surface area contributed by atoms with E-state index in [1.165, 1.54) is 19.2 Å². The lowest BCUT2D eigenvalue weighted by Gasteiger charge is -2.44. The predicted molar refractivity (Wildman–Crippen MR) is 208 cm³/mol. The highest BCUT2D eigenvalue weighted by atomic mass is 19.4. The number of carbonyl (C=O) groups excluding carboxylic acids is 3. The minimum absolute atomic E-state index is 0.0481. The minimum Gasteiger partial charge on any atom is -0.469 e. The van der Waals surface area contributed by atoms with Crippen molar-refractivity contribution < 1.29 is 37.0 Å². The molecular formula is C44H41F3N6O5. The zero-order valence-electron chi connectivity index (χ0n) is 31.7.